The van der Waals surface area contributed by atoms with Gasteiger partial charge < -0.3 is 14.9 Å². The molecule has 136 valence electrons. The lowest BCUT2D eigenvalue weighted by Gasteiger charge is -2.15. The summed E-state index contributed by atoms with van der Waals surface area (Å²) >= 11 is 6.04. The summed E-state index contributed by atoms with van der Waals surface area (Å²) in [4.78, 5) is 0. The third-order valence-electron chi connectivity index (χ3n) is 3.63. The maximum Gasteiger partial charge on any atom is 0.161 e. The van der Waals surface area contributed by atoms with Gasteiger partial charge in [0, 0.05) is 5.56 Å². The third kappa shape index (κ3) is 4.43. The molecule has 26 heavy (non-hydrogen) atoms. The topological polar surface area (TPSA) is 61.2 Å². The average molecular weight is 377 g/mol. The minimum Gasteiger partial charge on any atom is -0.490 e. The molecule has 0 amide bonds. The Balaban J connectivity index is 1.71. The number of hydrogen-bond donors (Lipinski definition) is 1. The number of rotatable bonds is 8. The molecule has 0 atom stereocenters. The Hall–Kier alpha value is -2.80. The summed E-state index contributed by atoms with van der Waals surface area (Å²) in [5, 5.41) is 7.79. The predicted octanol–water partition coefficient (Wildman–Crippen LogP) is 3.79. The van der Waals surface area contributed by atoms with Crippen molar-refractivity contribution in [2.75, 3.05) is 12.0 Å². The molecule has 3 aromatic rings. The molecule has 0 aliphatic heterocycles. The zero-order valence-corrected chi connectivity index (χ0v) is 14.9. The van der Waals surface area contributed by atoms with Crippen LogP contribution in [0.5, 0.6) is 11.5 Å². The number of aromatic nitrogens is 3. The summed E-state index contributed by atoms with van der Waals surface area (Å²) < 4.78 is 26.9. The number of benzene rings is 2. The number of ether oxygens (including phenoxy) is 2. The SMILES string of the molecule is CCOc1cc(CNn2cnnc2)ccc1OCc1c(F)cccc1Cl. The van der Waals surface area contributed by atoms with Crippen LogP contribution in [0.4, 0.5) is 4.39 Å². The highest BCUT2D eigenvalue weighted by atomic mass is 35.5. The molecule has 8 heteroatoms. The van der Waals surface area contributed by atoms with Gasteiger partial charge >= 0.3 is 0 Å². The van der Waals surface area contributed by atoms with Crippen molar-refractivity contribution >= 4 is 11.6 Å². The van der Waals surface area contributed by atoms with E-state index in [2.05, 4.69) is 15.6 Å². The van der Waals surface area contributed by atoms with Crippen LogP contribution in [0.2, 0.25) is 5.02 Å². The molecular weight excluding hydrogens is 359 g/mol. The van der Waals surface area contributed by atoms with Gasteiger partial charge in [0.05, 0.1) is 18.2 Å². The third-order valence-corrected chi connectivity index (χ3v) is 3.98. The van der Waals surface area contributed by atoms with Crippen molar-refractivity contribution in [2.45, 2.75) is 20.1 Å². The van der Waals surface area contributed by atoms with E-state index in [1.807, 2.05) is 19.1 Å². The molecule has 0 saturated carbocycles. The first-order valence-corrected chi connectivity index (χ1v) is 8.45. The summed E-state index contributed by atoms with van der Waals surface area (Å²) in [6.07, 6.45) is 3.14. The van der Waals surface area contributed by atoms with Crippen molar-refractivity contribution in [3.63, 3.8) is 0 Å². The van der Waals surface area contributed by atoms with Gasteiger partial charge in [-0.25, -0.2) is 9.07 Å². The minimum atomic E-state index is -0.398. The Kier molecular flexibility index (Phi) is 5.91. The van der Waals surface area contributed by atoms with Gasteiger partial charge in [0.25, 0.3) is 0 Å². The fraction of sp³-hybridized carbons (Fsp3) is 0.222. The molecule has 3 rings (SSSR count). The zero-order valence-electron chi connectivity index (χ0n) is 14.2. The van der Waals surface area contributed by atoms with E-state index < -0.39 is 5.82 Å². The van der Waals surface area contributed by atoms with Crippen LogP contribution in [0.3, 0.4) is 0 Å². The van der Waals surface area contributed by atoms with Crippen LogP contribution in [-0.2, 0) is 13.2 Å². The van der Waals surface area contributed by atoms with Crippen LogP contribution in [0.25, 0.3) is 0 Å². The van der Waals surface area contributed by atoms with E-state index in [9.17, 15) is 4.39 Å². The molecule has 0 unspecified atom stereocenters. The second-order valence-electron chi connectivity index (χ2n) is 5.41. The van der Waals surface area contributed by atoms with Crippen LogP contribution in [0.15, 0.2) is 49.1 Å². The van der Waals surface area contributed by atoms with Gasteiger partial charge in [-0.2, -0.15) is 0 Å². The van der Waals surface area contributed by atoms with E-state index in [4.69, 9.17) is 21.1 Å². The van der Waals surface area contributed by atoms with E-state index in [0.29, 0.717) is 35.2 Å². The van der Waals surface area contributed by atoms with Crippen LogP contribution in [-0.4, -0.2) is 21.5 Å². The van der Waals surface area contributed by atoms with Gasteiger partial charge in [-0.05, 0) is 36.8 Å². The summed E-state index contributed by atoms with van der Waals surface area (Å²) in [5.41, 5.74) is 4.43. The van der Waals surface area contributed by atoms with Crippen molar-refractivity contribution < 1.29 is 13.9 Å². The summed E-state index contributed by atoms with van der Waals surface area (Å²) in [6.45, 7) is 2.94. The van der Waals surface area contributed by atoms with Crippen LogP contribution in [0.1, 0.15) is 18.1 Å². The number of halogens is 2. The van der Waals surface area contributed by atoms with E-state index in [-0.39, 0.29) is 6.61 Å². The normalized spacial score (nSPS) is 10.6. The van der Waals surface area contributed by atoms with Crippen molar-refractivity contribution in [2.24, 2.45) is 0 Å². The number of nitrogens with zero attached hydrogens (tertiary/aromatic N) is 3. The fourth-order valence-corrected chi connectivity index (χ4v) is 2.55. The molecular formula is C18H18ClFN4O2. The molecule has 0 bridgehead atoms. The van der Waals surface area contributed by atoms with Crippen LogP contribution in [0, 0.1) is 5.82 Å². The van der Waals surface area contributed by atoms with E-state index in [0.717, 1.165) is 5.56 Å². The van der Waals surface area contributed by atoms with E-state index in [1.165, 1.54) is 6.07 Å². The van der Waals surface area contributed by atoms with Crippen molar-refractivity contribution in [3.05, 3.63) is 71.0 Å². The highest BCUT2D eigenvalue weighted by Crippen LogP contribution is 2.30. The second-order valence-corrected chi connectivity index (χ2v) is 5.81. The molecule has 1 aromatic heterocycles. The Morgan fingerprint density at radius 2 is 1.92 bits per heavy atom. The summed E-state index contributed by atoms with van der Waals surface area (Å²) in [6, 6.07) is 10.1. The minimum absolute atomic E-state index is 0.0177. The van der Waals surface area contributed by atoms with Gasteiger partial charge in [0.2, 0.25) is 0 Å². The first kappa shape index (κ1) is 18.0. The molecule has 0 aliphatic rings. The Morgan fingerprint density at radius 3 is 2.65 bits per heavy atom. The maximum atomic E-state index is 13.9. The van der Waals surface area contributed by atoms with Gasteiger partial charge in [0.1, 0.15) is 25.1 Å². The largest absolute Gasteiger partial charge is 0.490 e. The van der Waals surface area contributed by atoms with Crippen LogP contribution < -0.4 is 14.9 Å². The van der Waals surface area contributed by atoms with Crippen molar-refractivity contribution in [1.29, 1.82) is 0 Å². The lowest BCUT2D eigenvalue weighted by Crippen LogP contribution is -2.12. The van der Waals surface area contributed by atoms with Gasteiger partial charge in [-0.1, -0.05) is 23.7 Å². The molecule has 0 radical (unpaired) electrons. The molecule has 0 aliphatic carbocycles. The molecule has 6 nitrogen and oxygen atoms in total. The van der Waals surface area contributed by atoms with Gasteiger partial charge in [0.15, 0.2) is 11.5 Å². The predicted molar refractivity (Wildman–Crippen MR) is 96.4 cm³/mol. The molecule has 1 N–H and O–H groups in total. The van der Waals surface area contributed by atoms with E-state index in [1.54, 1.807) is 35.5 Å². The van der Waals surface area contributed by atoms with Crippen molar-refractivity contribution in [1.82, 2.24) is 14.9 Å². The quantitative estimate of drug-likeness (QED) is 0.648. The summed E-state index contributed by atoms with van der Waals surface area (Å²) in [5.74, 6) is 0.715. The summed E-state index contributed by atoms with van der Waals surface area (Å²) in [7, 11) is 0. The van der Waals surface area contributed by atoms with Gasteiger partial charge in [-0.15, -0.1) is 10.2 Å². The Morgan fingerprint density at radius 1 is 1.12 bits per heavy atom. The smallest absolute Gasteiger partial charge is 0.161 e. The Bertz CT molecular complexity index is 838. The lowest BCUT2D eigenvalue weighted by atomic mass is 10.2. The number of hydrogen-bond acceptors (Lipinski definition) is 5. The fourth-order valence-electron chi connectivity index (χ4n) is 2.34. The highest BCUT2D eigenvalue weighted by Gasteiger charge is 2.11. The molecule has 1 heterocycles. The molecule has 0 fully saturated rings. The first-order chi connectivity index (χ1) is 12.7. The van der Waals surface area contributed by atoms with Crippen molar-refractivity contribution in [3.8, 4) is 11.5 Å². The monoisotopic (exact) mass is 376 g/mol. The maximum absolute atomic E-state index is 13.9. The van der Waals surface area contributed by atoms with Gasteiger partial charge in [-0.3, -0.25) is 0 Å². The molecule has 0 spiro atoms. The highest BCUT2D eigenvalue weighted by molar-refractivity contribution is 6.31. The first-order valence-electron chi connectivity index (χ1n) is 8.07. The standard InChI is InChI=1S/C18H18ClFN4O2/c1-2-25-18-8-13(9-23-24-11-21-22-12-24)6-7-17(18)26-10-14-15(19)4-3-5-16(14)20/h3-8,11-12,23H,2,9-10H2,1H3. The Labute approximate surface area is 155 Å². The lowest BCUT2D eigenvalue weighted by molar-refractivity contribution is 0.265. The average Bonchev–Trinajstić information content (AvgIpc) is 3.15. The number of nitrogens with one attached hydrogen (secondary N) is 1. The molecule has 2 aromatic carbocycles. The molecule has 0 saturated heterocycles. The zero-order chi connectivity index (χ0) is 18.4. The van der Waals surface area contributed by atoms with E-state index >= 15 is 0 Å². The van der Waals surface area contributed by atoms with Crippen LogP contribution >= 0.6 is 11.6 Å². The second kappa shape index (κ2) is 8.53.